The van der Waals surface area contributed by atoms with Crippen molar-refractivity contribution in [3.8, 4) is 0 Å². The maximum atomic E-state index is 12.6. The molecule has 1 amide bonds. The average molecular weight is 296 g/mol. The molecule has 2 N–H and O–H groups in total. The predicted octanol–water partition coefficient (Wildman–Crippen LogP) is 0.803. The van der Waals surface area contributed by atoms with Gasteiger partial charge >= 0.3 is 0 Å². The number of anilines is 1. The van der Waals surface area contributed by atoms with Gasteiger partial charge in [0.1, 0.15) is 0 Å². The summed E-state index contributed by atoms with van der Waals surface area (Å²) in [5, 5.41) is 0. The highest BCUT2D eigenvalue weighted by molar-refractivity contribution is 7.91. The van der Waals surface area contributed by atoms with Gasteiger partial charge in [-0.05, 0) is 31.5 Å². The summed E-state index contributed by atoms with van der Waals surface area (Å²) >= 11 is 0. The zero-order chi connectivity index (χ0) is 14.6. The van der Waals surface area contributed by atoms with Crippen LogP contribution in [0.2, 0.25) is 0 Å². The molecule has 20 heavy (non-hydrogen) atoms. The quantitative estimate of drug-likeness (QED) is 0.871. The van der Waals surface area contributed by atoms with Gasteiger partial charge in [-0.1, -0.05) is 18.2 Å². The van der Waals surface area contributed by atoms with Gasteiger partial charge < -0.3 is 10.6 Å². The third-order valence-electron chi connectivity index (χ3n) is 3.50. The fraction of sp³-hybridized carbons (Fsp3) is 0.500. The zero-order valence-corrected chi connectivity index (χ0v) is 12.2. The first-order chi connectivity index (χ1) is 9.53. The van der Waals surface area contributed by atoms with E-state index in [0.29, 0.717) is 25.9 Å². The van der Waals surface area contributed by atoms with Crippen LogP contribution in [-0.2, 0) is 14.6 Å². The topological polar surface area (TPSA) is 80.5 Å². The smallest absolute Gasteiger partial charge is 0.231 e. The Hall–Kier alpha value is -1.40. The molecule has 6 heteroatoms. The van der Waals surface area contributed by atoms with Crippen LogP contribution in [0.4, 0.5) is 5.69 Å². The normalized spacial score (nSPS) is 20.8. The van der Waals surface area contributed by atoms with Crippen LogP contribution >= 0.6 is 0 Å². The number of amides is 1. The minimum absolute atomic E-state index is 0.0300. The lowest BCUT2D eigenvalue weighted by molar-refractivity contribution is -0.121. The first-order valence-corrected chi connectivity index (χ1v) is 8.62. The lowest BCUT2D eigenvalue weighted by Gasteiger charge is -2.25. The summed E-state index contributed by atoms with van der Waals surface area (Å²) in [4.78, 5) is 14.2. The highest BCUT2D eigenvalue weighted by Gasteiger charge is 2.35. The number of nitrogens with two attached hydrogens (primary N) is 1. The van der Waals surface area contributed by atoms with Gasteiger partial charge in [0.2, 0.25) is 5.91 Å². The minimum atomic E-state index is -3.05. The molecule has 2 rings (SSSR count). The minimum Gasteiger partial charge on any atom is -0.330 e. The Kier molecular flexibility index (Phi) is 4.77. The Morgan fingerprint density at radius 3 is 2.55 bits per heavy atom. The highest BCUT2D eigenvalue weighted by Crippen LogP contribution is 2.24. The van der Waals surface area contributed by atoms with Gasteiger partial charge in [0.05, 0.1) is 17.4 Å². The molecule has 0 aromatic heterocycles. The maximum absolute atomic E-state index is 12.6. The molecule has 0 radical (unpaired) electrons. The Morgan fingerprint density at radius 1 is 1.30 bits per heavy atom. The number of hydrogen-bond acceptors (Lipinski definition) is 4. The first-order valence-electron chi connectivity index (χ1n) is 6.80. The van der Waals surface area contributed by atoms with E-state index in [1.54, 1.807) is 4.90 Å². The summed E-state index contributed by atoms with van der Waals surface area (Å²) in [5.41, 5.74) is 6.32. The molecule has 1 fully saturated rings. The second-order valence-corrected chi connectivity index (χ2v) is 7.30. The molecule has 5 nitrogen and oxygen atoms in total. The van der Waals surface area contributed by atoms with Crippen molar-refractivity contribution < 1.29 is 13.2 Å². The second kappa shape index (κ2) is 6.37. The Balaban J connectivity index is 2.17. The van der Waals surface area contributed by atoms with Gasteiger partial charge in [-0.2, -0.15) is 0 Å². The van der Waals surface area contributed by atoms with E-state index in [4.69, 9.17) is 5.73 Å². The number of rotatable bonds is 5. The van der Waals surface area contributed by atoms with E-state index in [2.05, 4.69) is 0 Å². The Bertz CT molecular complexity index is 557. The van der Waals surface area contributed by atoms with Crippen molar-refractivity contribution >= 4 is 21.4 Å². The van der Waals surface area contributed by atoms with Crippen molar-refractivity contribution in [3.63, 3.8) is 0 Å². The number of benzene rings is 1. The molecule has 0 aliphatic carbocycles. The molecule has 0 spiro atoms. The Labute approximate surface area is 119 Å². The van der Waals surface area contributed by atoms with Gasteiger partial charge in [0.25, 0.3) is 0 Å². The van der Waals surface area contributed by atoms with Gasteiger partial charge in [-0.15, -0.1) is 0 Å². The van der Waals surface area contributed by atoms with Crippen molar-refractivity contribution in [2.75, 3.05) is 29.5 Å². The third-order valence-corrected chi connectivity index (χ3v) is 5.27. The van der Waals surface area contributed by atoms with Crippen molar-refractivity contribution in [3.05, 3.63) is 30.3 Å². The summed E-state index contributed by atoms with van der Waals surface area (Å²) in [7, 11) is -3.05. The van der Waals surface area contributed by atoms with Crippen molar-refractivity contribution in [1.29, 1.82) is 0 Å². The lowest BCUT2D eigenvalue weighted by Crippen LogP contribution is -2.38. The predicted molar refractivity (Wildman–Crippen MR) is 79.2 cm³/mol. The number of carbonyl (C=O) groups excluding carboxylic acids is 1. The van der Waals surface area contributed by atoms with Crippen molar-refractivity contribution in [2.24, 2.45) is 11.7 Å². The van der Waals surface area contributed by atoms with E-state index in [0.717, 1.165) is 5.69 Å². The highest BCUT2D eigenvalue weighted by atomic mass is 32.2. The summed E-state index contributed by atoms with van der Waals surface area (Å²) in [5.74, 6) is -0.440. The number of nitrogens with zero attached hydrogens (tertiary/aromatic N) is 1. The molecule has 1 aliphatic heterocycles. The fourth-order valence-electron chi connectivity index (χ4n) is 2.43. The van der Waals surface area contributed by atoms with Crippen LogP contribution < -0.4 is 10.6 Å². The van der Waals surface area contributed by atoms with Crippen LogP contribution in [0.3, 0.4) is 0 Å². The molecule has 1 heterocycles. The molecule has 1 atom stereocenters. The SMILES string of the molecule is NCCCN(C(=O)C1CCS(=O)(=O)C1)c1ccccc1. The maximum Gasteiger partial charge on any atom is 0.231 e. The monoisotopic (exact) mass is 296 g/mol. The number of sulfone groups is 1. The summed E-state index contributed by atoms with van der Waals surface area (Å²) in [6, 6.07) is 9.33. The van der Waals surface area contributed by atoms with Crippen molar-refractivity contribution in [2.45, 2.75) is 12.8 Å². The van der Waals surface area contributed by atoms with E-state index in [-0.39, 0.29) is 17.4 Å². The van der Waals surface area contributed by atoms with Crippen LogP contribution in [-0.4, -0.2) is 38.9 Å². The van der Waals surface area contributed by atoms with Crippen molar-refractivity contribution in [1.82, 2.24) is 0 Å². The summed E-state index contributed by atoms with van der Waals surface area (Å²) in [6.07, 6.45) is 1.12. The van der Waals surface area contributed by atoms with Gasteiger partial charge in [-0.3, -0.25) is 4.79 Å². The lowest BCUT2D eigenvalue weighted by atomic mass is 10.1. The number of hydrogen-bond donors (Lipinski definition) is 1. The fourth-order valence-corrected chi connectivity index (χ4v) is 4.17. The molecule has 0 bridgehead atoms. The molecular weight excluding hydrogens is 276 g/mol. The third kappa shape index (κ3) is 3.58. The zero-order valence-electron chi connectivity index (χ0n) is 11.4. The van der Waals surface area contributed by atoms with Crippen LogP contribution in [0.15, 0.2) is 30.3 Å². The Morgan fingerprint density at radius 2 is 2.00 bits per heavy atom. The molecule has 1 unspecified atom stereocenters. The molecule has 1 aromatic rings. The molecule has 1 saturated heterocycles. The van der Waals surface area contributed by atoms with E-state index in [1.165, 1.54) is 0 Å². The van der Waals surface area contributed by atoms with E-state index in [9.17, 15) is 13.2 Å². The largest absolute Gasteiger partial charge is 0.330 e. The molecule has 110 valence electrons. The van der Waals surface area contributed by atoms with Gasteiger partial charge in [-0.25, -0.2) is 8.42 Å². The van der Waals surface area contributed by atoms with Crippen LogP contribution in [0, 0.1) is 5.92 Å². The molecule has 1 aliphatic rings. The number of carbonyl (C=O) groups is 1. The second-order valence-electron chi connectivity index (χ2n) is 5.07. The standard InChI is InChI=1S/C14H20N2O3S/c15-8-4-9-16(13-5-2-1-3-6-13)14(17)12-7-10-20(18,19)11-12/h1-3,5-6,12H,4,7-11,15H2. The average Bonchev–Trinajstić information content (AvgIpc) is 2.80. The molecule has 0 saturated carbocycles. The van der Waals surface area contributed by atoms with E-state index < -0.39 is 15.8 Å². The summed E-state index contributed by atoms with van der Waals surface area (Å²) < 4.78 is 23.1. The van der Waals surface area contributed by atoms with E-state index in [1.807, 2.05) is 30.3 Å². The van der Waals surface area contributed by atoms with Crippen LogP contribution in [0.1, 0.15) is 12.8 Å². The van der Waals surface area contributed by atoms with Crippen LogP contribution in [0.25, 0.3) is 0 Å². The van der Waals surface area contributed by atoms with Gasteiger partial charge in [0.15, 0.2) is 9.84 Å². The summed E-state index contributed by atoms with van der Waals surface area (Å²) in [6.45, 7) is 1.02. The number of para-hydroxylation sites is 1. The first kappa shape index (κ1) is 15.0. The van der Waals surface area contributed by atoms with E-state index >= 15 is 0 Å². The molecule has 1 aromatic carbocycles. The molecular formula is C14H20N2O3S. The van der Waals surface area contributed by atoms with Gasteiger partial charge in [0, 0.05) is 12.2 Å². The van der Waals surface area contributed by atoms with Crippen LogP contribution in [0.5, 0.6) is 0 Å².